The van der Waals surface area contributed by atoms with Crippen LogP contribution in [0.1, 0.15) is 59.3 Å². The second-order valence-electron chi connectivity index (χ2n) is 5.21. The van der Waals surface area contributed by atoms with Crippen LogP contribution in [0, 0.1) is 17.8 Å². The number of halogens is 1. The lowest BCUT2D eigenvalue weighted by atomic mass is 9.82. The van der Waals surface area contributed by atoms with Crippen molar-refractivity contribution in [1.29, 1.82) is 0 Å². The number of hydrogen-bond donors (Lipinski definition) is 0. The summed E-state index contributed by atoms with van der Waals surface area (Å²) in [5, 5.41) is 0.501. The van der Waals surface area contributed by atoms with Crippen LogP contribution in [0.2, 0.25) is 0 Å². The van der Waals surface area contributed by atoms with Gasteiger partial charge in [-0.15, -0.1) is 11.6 Å². The molecule has 1 heteroatoms. The Morgan fingerprint density at radius 3 is 2.21 bits per heavy atom. The summed E-state index contributed by atoms with van der Waals surface area (Å²) in [5.41, 5.74) is 0. The summed E-state index contributed by atoms with van der Waals surface area (Å²) in [5.74, 6) is 3.01. The number of alkyl halides is 1. The zero-order valence-corrected chi connectivity index (χ0v) is 10.7. The van der Waals surface area contributed by atoms with Crippen molar-refractivity contribution < 1.29 is 0 Å². The molecule has 4 atom stereocenters. The van der Waals surface area contributed by atoms with Gasteiger partial charge in [0.1, 0.15) is 0 Å². The molecule has 2 saturated carbocycles. The zero-order valence-electron chi connectivity index (χ0n) is 9.93. The van der Waals surface area contributed by atoms with Crippen LogP contribution in [0.25, 0.3) is 0 Å². The molecule has 2 aliphatic carbocycles. The summed E-state index contributed by atoms with van der Waals surface area (Å²) in [7, 11) is 0. The van der Waals surface area contributed by atoms with Crippen LogP contribution < -0.4 is 0 Å². The summed E-state index contributed by atoms with van der Waals surface area (Å²) in [6.07, 6.45) is 8.16. The summed E-state index contributed by atoms with van der Waals surface area (Å²) in [6, 6.07) is 0. The second kappa shape index (κ2) is 6.00. The third-order valence-electron chi connectivity index (χ3n) is 3.49. The minimum absolute atomic E-state index is 0.501. The predicted molar refractivity (Wildman–Crippen MR) is 64.8 cm³/mol. The second-order valence-corrected chi connectivity index (χ2v) is 5.83. The Balaban J connectivity index is 0.000000293. The van der Waals surface area contributed by atoms with E-state index in [4.69, 9.17) is 11.6 Å². The minimum Gasteiger partial charge on any atom is -0.123 e. The molecule has 0 aromatic carbocycles. The van der Waals surface area contributed by atoms with Crippen molar-refractivity contribution >= 4 is 11.6 Å². The molecule has 0 aromatic rings. The Kier molecular flexibility index (Phi) is 5.30. The highest BCUT2D eigenvalue weighted by Crippen LogP contribution is 2.45. The Bertz CT molecular complexity index is 155. The molecule has 0 aromatic heterocycles. The number of fused-ring (bicyclic) bond motifs is 1. The van der Waals surface area contributed by atoms with Crippen LogP contribution in [0.15, 0.2) is 0 Å². The van der Waals surface area contributed by atoms with Gasteiger partial charge in [0.05, 0.1) is 0 Å². The molecule has 0 saturated heterocycles. The van der Waals surface area contributed by atoms with Gasteiger partial charge in [0.2, 0.25) is 0 Å². The van der Waals surface area contributed by atoms with E-state index in [9.17, 15) is 0 Å². The zero-order chi connectivity index (χ0) is 10.6. The maximum atomic E-state index is 6.13. The normalized spacial score (nSPS) is 41.1. The predicted octanol–water partition coefficient (Wildman–Crippen LogP) is 4.86. The van der Waals surface area contributed by atoms with Gasteiger partial charge >= 0.3 is 0 Å². The Morgan fingerprint density at radius 2 is 1.57 bits per heavy atom. The van der Waals surface area contributed by atoms with Gasteiger partial charge in [-0.2, -0.15) is 0 Å². The number of hydrogen-bond acceptors (Lipinski definition) is 0. The first kappa shape index (κ1) is 12.4. The first-order valence-corrected chi connectivity index (χ1v) is 6.75. The quantitative estimate of drug-likeness (QED) is 0.508. The van der Waals surface area contributed by atoms with E-state index in [0.29, 0.717) is 5.38 Å². The third-order valence-corrected chi connectivity index (χ3v) is 3.88. The van der Waals surface area contributed by atoms with Gasteiger partial charge in [0.15, 0.2) is 0 Å². The van der Waals surface area contributed by atoms with Gasteiger partial charge in [0, 0.05) is 5.38 Å². The molecule has 2 fully saturated rings. The van der Waals surface area contributed by atoms with Crippen LogP contribution in [0.4, 0.5) is 0 Å². The molecule has 84 valence electrons. The van der Waals surface area contributed by atoms with Crippen molar-refractivity contribution in [3.63, 3.8) is 0 Å². The maximum Gasteiger partial charge on any atom is 0.0338 e. The SMILES string of the molecule is CCC.C[C@@H]1CC2CCC(Cl)CC2C1. The standard InChI is InChI=1S/C10H17Cl.C3H8/c1-7-4-8-2-3-10(11)6-9(8)5-7;1-3-2/h7-10H,2-6H2,1H3;3H2,1-2H3/t7-,8?,9?,10?;/m1./s1. The molecule has 0 aliphatic heterocycles. The van der Waals surface area contributed by atoms with Crippen LogP contribution in [-0.4, -0.2) is 5.38 Å². The third kappa shape index (κ3) is 3.46. The molecular weight excluding hydrogens is 192 g/mol. The summed E-state index contributed by atoms with van der Waals surface area (Å²) < 4.78 is 0. The topological polar surface area (TPSA) is 0 Å². The molecule has 0 bridgehead atoms. The van der Waals surface area contributed by atoms with Crippen LogP contribution in [0.5, 0.6) is 0 Å². The summed E-state index contributed by atoms with van der Waals surface area (Å²) in [6.45, 7) is 6.64. The monoisotopic (exact) mass is 216 g/mol. The Morgan fingerprint density at radius 1 is 1.00 bits per heavy atom. The van der Waals surface area contributed by atoms with Gasteiger partial charge < -0.3 is 0 Å². The van der Waals surface area contributed by atoms with E-state index in [1.165, 1.54) is 38.5 Å². The minimum atomic E-state index is 0.501. The lowest BCUT2D eigenvalue weighted by Gasteiger charge is -2.28. The van der Waals surface area contributed by atoms with E-state index in [0.717, 1.165) is 17.8 Å². The maximum absolute atomic E-state index is 6.13. The van der Waals surface area contributed by atoms with E-state index in [2.05, 4.69) is 20.8 Å². The van der Waals surface area contributed by atoms with Crippen molar-refractivity contribution in [2.75, 3.05) is 0 Å². The van der Waals surface area contributed by atoms with Gasteiger partial charge in [-0.05, 0) is 49.9 Å². The molecule has 0 spiro atoms. The average Bonchev–Trinajstić information content (AvgIpc) is 2.45. The van der Waals surface area contributed by atoms with Crippen LogP contribution >= 0.6 is 11.6 Å². The first-order valence-electron chi connectivity index (χ1n) is 6.31. The fraction of sp³-hybridized carbons (Fsp3) is 1.00. The largest absolute Gasteiger partial charge is 0.123 e. The van der Waals surface area contributed by atoms with Gasteiger partial charge in [0.25, 0.3) is 0 Å². The molecule has 0 amide bonds. The van der Waals surface area contributed by atoms with Crippen molar-refractivity contribution in [2.24, 2.45) is 17.8 Å². The fourth-order valence-corrected chi connectivity index (χ4v) is 3.35. The Hall–Kier alpha value is 0.290. The molecular formula is C13H25Cl. The lowest BCUT2D eigenvalue weighted by molar-refractivity contribution is 0.281. The summed E-state index contributed by atoms with van der Waals surface area (Å²) >= 11 is 6.13. The van der Waals surface area contributed by atoms with E-state index in [-0.39, 0.29) is 0 Å². The smallest absolute Gasteiger partial charge is 0.0338 e. The van der Waals surface area contributed by atoms with E-state index >= 15 is 0 Å². The van der Waals surface area contributed by atoms with E-state index < -0.39 is 0 Å². The van der Waals surface area contributed by atoms with Crippen molar-refractivity contribution in [3.8, 4) is 0 Å². The van der Waals surface area contributed by atoms with E-state index in [1.807, 2.05) is 0 Å². The van der Waals surface area contributed by atoms with E-state index in [1.54, 1.807) is 0 Å². The van der Waals surface area contributed by atoms with Gasteiger partial charge in [-0.3, -0.25) is 0 Å². The van der Waals surface area contributed by atoms with Crippen LogP contribution in [0.3, 0.4) is 0 Å². The molecule has 0 nitrogen and oxygen atoms in total. The molecule has 0 radical (unpaired) electrons. The van der Waals surface area contributed by atoms with Crippen molar-refractivity contribution in [1.82, 2.24) is 0 Å². The molecule has 0 heterocycles. The summed E-state index contributed by atoms with van der Waals surface area (Å²) in [4.78, 5) is 0. The highest BCUT2D eigenvalue weighted by atomic mass is 35.5. The van der Waals surface area contributed by atoms with Crippen molar-refractivity contribution in [3.05, 3.63) is 0 Å². The highest BCUT2D eigenvalue weighted by molar-refractivity contribution is 6.20. The average molecular weight is 217 g/mol. The molecule has 2 aliphatic rings. The van der Waals surface area contributed by atoms with Gasteiger partial charge in [-0.1, -0.05) is 27.2 Å². The molecule has 3 unspecified atom stereocenters. The Labute approximate surface area is 94.4 Å². The van der Waals surface area contributed by atoms with Gasteiger partial charge in [-0.25, -0.2) is 0 Å². The fourth-order valence-electron chi connectivity index (χ4n) is 3.00. The lowest BCUT2D eigenvalue weighted by Crippen LogP contribution is -2.20. The number of rotatable bonds is 0. The highest BCUT2D eigenvalue weighted by Gasteiger charge is 2.36. The van der Waals surface area contributed by atoms with Crippen molar-refractivity contribution in [2.45, 2.75) is 64.7 Å². The molecule has 0 N–H and O–H groups in total. The van der Waals surface area contributed by atoms with Crippen LogP contribution in [-0.2, 0) is 0 Å². The molecule has 2 rings (SSSR count). The molecule has 14 heavy (non-hydrogen) atoms. The first-order chi connectivity index (χ1) is 6.67.